The fraction of sp³-hybridized carbons (Fsp3) is 0. The zero-order valence-corrected chi connectivity index (χ0v) is 9.62. The third-order valence-corrected chi connectivity index (χ3v) is 2.70. The van der Waals surface area contributed by atoms with Crippen molar-refractivity contribution in [1.29, 1.82) is 5.26 Å². The van der Waals surface area contributed by atoms with Gasteiger partial charge in [0.1, 0.15) is 6.07 Å². The molecule has 66 valence electrons. The highest BCUT2D eigenvalue weighted by atomic mass is 79.9. The molecule has 0 aliphatic rings. The van der Waals surface area contributed by atoms with Gasteiger partial charge in [0.05, 0.1) is 21.2 Å². The molecule has 13 heavy (non-hydrogen) atoms. The van der Waals surface area contributed by atoms with Gasteiger partial charge in [0.2, 0.25) is 0 Å². The van der Waals surface area contributed by atoms with Crippen LogP contribution in [0.4, 0.5) is 0 Å². The zero-order valence-electron chi connectivity index (χ0n) is 6.38. The second kappa shape index (κ2) is 4.14. The Labute approximate surface area is 94.8 Å². The third kappa shape index (κ3) is 2.05. The van der Waals surface area contributed by atoms with Crippen molar-refractivity contribution in [2.24, 2.45) is 0 Å². The number of pyridine rings is 1. The van der Waals surface area contributed by atoms with E-state index in [4.69, 9.17) is 16.9 Å². The van der Waals surface area contributed by atoms with Crippen LogP contribution in [-0.2, 0) is 0 Å². The van der Waals surface area contributed by atoms with E-state index in [-0.39, 0.29) is 0 Å². The molecular formula is C8H4BrClN2S. The van der Waals surface area contributed by atoms with Crippen molar-refractivity contribution in [2.75, 3.05) is 0 Å². The summed E-state index contributed by atoms with van der Waals surface area (Å²) in [5.41, 5.74) is 0.858. The van der Waals surface area contributed by atoms with Gasteiger partial charge in [-0.3, -0.25) is 4.98 Å². The Hall–Kier alpha value is -0.500. The van der Waals surface area contributed by atoms with Gasteiger partial charge in [-0.2, -0.15) is 5.26 Å². The lowest BCUT2D eigenvalue weighted by atomic mass is 10.2. The van der Waals surface area contributed by atoms with Crippen LogP contribution in [0.15, 0.2) is 17.7 Å². The Morgan fingerprint density at radius 1 is 1.77 bits per heavy atom. The van der Waals surface area contributed by atoms with E-state index in [1.165, 1.54) is 6.20 Å². The summed E-state index contributed by atoms with van der Waals surface area (Å²) < 4.78 is 0.587. The van der Waals surface area contributed by atoms with Crippen molar-refractivity contribution in [1.82, 2.24) is 4.98 Å². The summed E-state index contributed by atoms with van der Waals surface area (Å²) in [7, 11) is 0. The summed E-state index contributed by atoms with van der Waals surface area (Å²) in [5.74, 6) is 0. The number of nitrogens with zero attached hydrogens (tertiary/aromatic N) is 2. The number of halogens is 2. The van der Waals surface area contributed by atoms with Gasteiger partial charge >= 0.3 is 0 Å². The summed E-state index contributed by atoms with van der Waals surface area (Å²) in [5, 5.41) is 8.93. The lowest BCUT2D eigenvalue weighted by Crippen LogP contribution is -1.90. The predicted molar refractivity (Wildman–Crippen MR) is 59.2 cm³/mol. The van der Waals surface area contributed by atoms with Crippen LogP contribution in [0.2, 0.25) is 5.02 Å². The maximum atomic E-state index is 8.63. The minimum atomic E-state index is 0.302. The molecule has 0 bridgehead atoms. The molecule has 0 aromatic carbocycles. The minimum Gasteiger partial charge on any atom is -0.253 e. The molecule has 0 spiro atoms. The van der Waals surface area contributed by atoms with E-state index < -0.39 is 0 Å². The number of aromatic nitrogens is 1. The molecule has 1 heterocycles. The van der Waals surface area contributed by atoms with Gasteiger partial charge in [-0.25, -0.2) is 0 Å². The SMILES string of the molecule is C=C(Br)c1ncc(C#N)c(Cl)c1S. The van der Waals surface area contributed by atoms with E-state index in [9.17, 15) is 0 Å². The first-order valence-electron chi connectivity index (χ1n) is 3.20. The molecule has 0 saturated carbocycles. The van der Waals surface area contributed by atoms with Gasteiger partial charge in [-0.15, -0.1) is 12.6 Å². The Kier molecular flexibility index (Phi) is 3.37. The number of rotatable bonds is 1. The largest absolute Gasteiger partial charge is 0.253 e. The molecule has 1 aromatic rings. The molecule has 5 heteroatoms. The number of hydrogen-bond donors (Lipinski definition) is 1. The quantitative estimate of drug-likeness (QED) is 0.799. The molecular weight excluding hydrogens is 272 g/mol. The van der Waals surface area contributed by atoms with Crippen molar-refractivity contribution >= 4 is 44.6 Å². The van der Waals surface area contributed by atoms with Crippen LogP contribution in [0.3, 0.4) is 0 Å². The Morgan fingerprint density at radius 3 is 2.85 bits per heavy atom. The normalized spacial score (nSPS) is 9.38. The molecule has 0 N–H and O–H groups in total. The first kappa shape index (κ1) is 10.6. The molecule has 0 fully saturated rings. The molecule has 0 aliphatic carbocycles. The molecule has 0 radical (unpaired) electrons. The predicted octanol–water partition coefficient (Wildman–Crippen LogP) is 3.26. The zero-order chi connectivity index (χ0) is 10.0. The second-order valence-electron chi connectivity index (χ2n) is 2.20. The van der Waals surface area contributed by atoms with Crippen LogP contribution < -0.4 is 0 Å². The van der Waals surface area contributed by atoms with Gasteiger partial charge in [0, 0.05) is 10.7 Å². The molecule has 0 amide bonds. The summed E-state index contributed by atoms with van der Waals surface area (Å²) in [6.07, 6.45) is 1.39. The fourth-order valence-corrected chi connectivity index (χ4v) is 1.70. The van der Waals surface area contributed by atoms with Gasteiger partial charge in [0.25, 0.3) is 0 Å². The van der Waals surface area contributed by atoms with Crippen molar-refractivity contribution in [3.05, 3.63) is 29.1 Å². The highest BCUT2D eigenvalue weighted by molar-refractivity contribution is 9.15. The van der Waals surface area contributed by atoms with Crippen molar-refractivity contribution < 1.29 is 0 Å². The lowest BCUT2D eigenvalue weighted by Gasteiger charge is -2.04. The Morgan fingerprint density at radius 2 is 2.38 bits per heavy atom. The summed E-state index contributed by atoms with van der Waals surface area (Å²) in [6.45, 7) is 3.65. The van der Waals surface area contributed by atoms with Crippen LogP contribution in [0, 0.1) is 11.3 Å². The summed E-state index contributed by atoms with van der Waals surface area (Å²) in [4.78, 5) is 4.44. The molecule has 0 atom stereocenters. The average Bonchev–Trinajstić information content (AvgIpc) is 2.09. The molecule has 2 nitrogen and oxygen atoms in total. The van der Waals surface area contributed by atoms with E-state index in [0.717, 1.165) is 0 Å². The number of thiol groups is 1. The monoisotopic (exact) mass is 274 g/mol. The Bertz CT molecular complexity index is 411. The standard InChI is InChI=1S/C8H4BrClN2S/c1-4(9)7-8(13)6(10)5(2-11)3-12-7/h3,13H,1H2. The molecule has 1 aromatic heterocycles. The highest BCUT2D eigenvalue weighted by Gasteiger charge is 2.10. The maximum Gasteiger partial charge on any atom is 0.102 e. The first-order chi connectivity index (χ1) is 6.07. The van der Waals surface area contributed by atoms with Crippen LogP contribution >= 0.6 is 40.2 Å². The van der Waals surface area contributed by atoms with Crippen LogP contribution in [0.25, 0.3) is 4.48 Å². The minimum absolute atomic E-state index is 0.302. The molecule has 0 unspecified atom stereocenters. The molecule has 0 saturated heterocycles. The fourth-order valence-electron chi connectivity index (χ4n) is 0.755. The summed E-state index contributed by atoms with van der Waals surface area (Å²) >= 11 is 13.1. The lowest BCUT2D eigenvalue weighted by molar-refractivity contribution is 1.19. The van der Waals surface area contributed by atoms with Gasteiger partial charge in [-0.1, -0.05) is 18.2 Å². The number of nitriles is 1. The van der Waals surface area contributed by atoms with Gasteiger partial charge in [-0.05, 0) is 15.9 Å². The van der Waals surface area contributed by atoms with E-state index >= 15 is 0 Å². The van der Waals surface area contributed by atoms with E-state index in [0.29, 0.717) is 25.7 Å². The van der Waals surface area contributed by atoms with E-state index in [2.05, 4.69) is 40.1 Å². The third-order valence-electron chi connectivity index (χ3n) is 1.37. The number of hydrogen-bond acceptors (Lipinski definition) is 3. The smallest absolute Gasteiger partial charge is 0.102 e. The van der Waals surface area contributed by atoms with E-state index in [1.54, 1.807) is 0 Å². The van der Waals surface area contributed by atoms with Crippen molar-refractivity contribution in [3.8, 4) is 6.07 Å². The van der Waals surface area contributed by atoms with Gasteiger partial charge in [0.15, 0.2) is 0 Å². The highest BCUT2D eigenvalue weighted by Crippen LogP contribution is 2.31. The van der Waals surface area contributed by atoms with Crippen molar-refractivity contribution in [2.45, 2.75) is 4.90 Å². The molecule has 0 aliphatic heterocycles. The first-order valence-corrected chi connectivity index (χ1v) is 4.82. The van der Waals surface area contributed by atoms with E-state index in [1.807, 2.05) is 6.07 Å². The van der Waals surface area contributed by atoms with Gasteiger partial charge < -0.3 is 0 Å². The summed E-state index contributed by atoms with van der Waals surface area (Å²) in [6, 6.07) is 1.91. The molecule has 1 rings (SSSR count). The van der Waals surface area contributed by atoms with Crippen molar-refractivity contribution in [3.63, 3.8) is 0 Å². The Balaban J connectivity index is 3.42. The maximum absolute atomic E-state index is 8.63. The van der Waals surface area contributed by atoms with Crippen LogP contribution in [0.1, 0.15) is 11.3 Å². The van der Waals surface area contributed by atoms with Crippen LogP contribution in [-0.4, -0.2) is 4.98 Å². The topological polar surface area (TPSA) is 36.7 Å². The second-order valence-corrected chi connectivity index (χ2v) is 3.98. The average molecular weight is 276 g/mol. The van der Waals surface area contributed by atoms with Crippen LogP contribution in [0.5, 0.6) is 0 Å².